The maximum absolute atomic E-state index is 11.8. The van der Waals surface area contributed by atoms with Crippen molar-refractivity contribution in [2.75, 3.05) is 20.2 Å². The van der Waals surface area contributed by atoms with Crippen LogP contribution in [0.5, 0.6) is 0 Å². The van der Waals surface area contributed by atoms with Gasteiger partial charge in [0.05, 0.1) is 6.10 Å². The first-order valence-corrected chi connectivity index (χ1v) is 5.73. The highest BCUT2D eigenvalue weighted by molar-refractivity contribution is 5.77. The van der Waals surface area contributed by atoms with Gasteiger partial charge in [-0.05, 0) is 12.8 Å². The first kappa shape index (κ1) is 12.5. The van der Waals surface area contributed by atoms with Crippen molar-refractivity contribution in [1.82, 2.24) is 4.90 Å². The van der Waals surface area contributed by atoms with Crippen LogP contribution in [0.2, 0.25) is 0 Å². The second-order valence-electron chi connectivity index (χ2n) is 4.24. The average molecular weight is 214 g/mol. The molecule has 4 nitrogen and oxygen atoms in total. The minimum Gasteiger partial charge on any atom is -0.380 e. The maximum Gasteiger partial charge on any atom is 0.224 e. The number of methoxy groups -OCH3 is 1. The molecule has 2 N–H and O–H groups in total. The van der Waals surface area contributed by atoms with Crippen LogP contribution in [-0.4, -0.2) is 43.2 Å². The van der Waals surface area contributed by atoms with E-state index in [4.69, 9.17) is 10.5 Å². The molecule has 1 aliphatic heterocycles. The van der Waals surface area contributed by atoms with Crippen molar-refractivity contribution in [1.29, 1.82) is 0 Å². The van der Waals surface area contributed by atoms with E-state index in [-0.39, 0.29) is 18.1 Å². The lowest BCUT2D eigenvalue weighted by Gasteiger charge is -2.18. The van der Waals surface area contributed by atoms with Crippen LogP contribution in [0.3, 0.4) is 0 Å². The highest BCUT2D eigenvalue weighted by atomic mass is 16.5. The molecule has 0 spiro atoms. The van der Waals surface area contributed by atoms with E-state index >= 15 is 0 Å². The van der Waals surface area contributed by atoms with Gasteiger partial charge >= 0.3 is 0 Å². The predicted octanol–water partition coefficient (Wildman–Crippen LogP) is 0.751. The zero-order chi connectivity index (χ0) is 11.3. The van der Waals surface area contributed by atoms with Crippen LogP contribution < -0.4 is 5.73 Å². The van der Waals surface area contributed by atoms with Gasteiger partial charge in [-0.3, -0.25) is 4.79 Å². The fourth-order valence-electron chi connectivity index (χ4n) is 1.97. The fraction of sp³-hybridized carbons (Fsp3) is 0.909. The third-order valence-electron chi connectivity index (χ3n) is 2.93. The molecular formula is C11H22N2O2. The van der Waals surface area contributed by atoms with Gasteiger partial charge < -0.3 is 15.4 Å². The molecule has 0 aromatic carbocycles. The summed E-state index contributed by atoms with van der Waals surface area (Å²) in [7, 11) is 1.70. The molecule has 88 valence electrons. The van der Waals surface area contributed by atoms with E-state index in [1.54, 1.807) is 7.11 Å². The van der Waals surface area contributed by atoms with Crippen molar-refractivity contribution in [3.63, 3.8) is 0 Å². The Morgan fingerprint density at radius 3 is 2.93 bits per heavy atom. The SMILES string of the molecule is CCCC(N)CC(=O)N1CCC(OC)C1. The number of nitrogens with zero attached hydrogens (tertiary/aromatic N) is 1. The molecule has 0 bridgehead atoms. The lowest BCUT2D eigenvalue weighted by atomic mass is 10.1. The number of carbonyl (C=O) groups is 1. The molecule has 15 heavy (non-hydrogen) atoms. The van der Waals surface area contributed by atoms with Crippen LogP contribution in [0, 0.1) is 0 Å². The second-order valence-corrected chi connectivity index (χ2v) is 4.24. The molecule has 1 amide bonds. The number of hydrogen-bond acceptors (Lipinski definition) is 3. The largest absolute Gasteiger partial charge is 0.380 e. The summed E-state index contributed by atoms with van der Waals surface area (Å²) < 4.78 is 5.22. The minimum atomic E-state index is 0.0177. The van der Waals surface area contributed by atoms with Crippen molar-refractivity contribution >= 4 is 5.91 Å². The third kappa shape index (κ3) is 3.80. The Morgan fingerprint density at radius 2 is 2.40 bits per heavy atom. The Morgan fingerprint density at radius 1 is 1.67 bits per heavy atom. The van der Waals surface area contributed by atoms with Crippen molar-refractivity contribution < 1.29 is 9.53 Å². The molecule has 1 rings (SSSR count). The maximum atomic E-state index is 11.8. The van der Waals surface area contributed by atoms with E-state index in [2.05, 4.69) is 6.92 Å². The van der Waals surface area contributed by atoms with Gasteiger partial charge in [0.25, 0.3) is 0 Å². The molecule has 1 heterocycles. The summed E-state index contributed by atoms with van der Waals surface area (Å²) in [6, 6.07) is 0.0177. The Kier molecular flexibility index (Phi) is 5.05. The Bertz CT molecular complexity index is 209. The van der Waals surface area contributed by atoms with E-state index in [1.807, 2.05) is 4.90 Å². The van der Waals surface area contributed by atoms with Crippen molar-refractivity contribution in [3.8, 4) is 0 Å². The highest BCUT2D eigenvalue weighted by Gasteiger charge is 2.26. The first-order chi connectivity index (χ1) is 7.17. The number of amides is 1. The number of hydrogen-bond donors (Lipinski definition) is 1. The summed E-state index contributed by atoms with van der Waals surface area (Å²) in [6.45, 7) is 3.63. The third-order valence-corrected chi connectivity index (χ3v) is 2.93. The quantitative estimate of drug-likeness (QED) is 0.735. The van der Waals surface area contributed by atoms with Crippen LogP contribution in [0.15, 0.2) is 0 Å². The van der Waals surface area contributed by atoms with Gasteiger partial charge in [-0.1, -0.05) is 13.3 Å². The molecule has 1 aliphatic rings. The fourth-order valence-corrected chi connectivity index (χ4v) is 1.97. The summed E-state index contributed by atoms with van der Waals surface area (Å²) in [4.78, 5) is 13.6. The van der Waals surface area contributed by atoms with Gasteiger partial charge in [0, 0.05) is 32.7 Å². The van der Waals surface area contributed by atoms with Crippen LogP contribution >= 0.6 is 0 Å². The average Bonchev–Trinajstić information content (AvgIpc) is 2.66. The molecule has 0 radical (unpaired) electrons. The molecule has 0 saturated carbocycles. The molecule has 1 saturated heterocycles. The van der Waals surface area contributed by atoms with Gasteiger partial charge in [-0.25, -0.2) is 0 Å². The Labute approximate surface area is 91.8 Å². The monoisotopic (exact) mass is 214 g/mol. The highest BCUT2D eigenvalue weighted by Crippen LogP contribution is 2.13. The first-order valence-electron chi connectivity index (χ1n) is 5.73. The van der Waals surface area contributed by atoms with Gasteiger partial charge in [0.1, 0.15) is 0 Å². The van der Waals surface area contributed by atoms with E-state index < -0.39 is 0 Å². The van der Waals surface area contributed by atoms with Gasteiger partial charge in [-0.15, -0.1) is 0 Å². The second kappa shape index (κ2) is 6.08. The van der Waals surface area contributed by atoms with E-state index in [0.717, 1.165) is 32.4 Å². The summed E-state index contributed by atoms with van der Waals surface area (Å²) in [5.41, 5.74) is 5.84. The standard InChI is InChI=1S/C11H22N2O2/c1-3-4-9(12)7-11(14)13-6-5-10(8-13)15-2/h9-10H,3-8,12H2,1-2H3. The summed E-state index contributed by atoms with van der Waals surface area (Å²) in [5, 5.41) is 0. The molecule has 2 unspecified atom stereocenters. The Balaban J connectivity index is 2.29. The normalized spacial score (nSPS) is 23.1. The van der Waals surface area contributed by atoms with Crippen molar-refractivity contribution in [2.45, 2.75) is 44.8 Å². The van der Waals surface area contributed by atoms with Gasteiger partial charge in [-0.2, -0.15) is 0 Å². The molecule has 1 fully saturated rings. The topological polar surface area (TPSA) is 55.6 Å². The zero-order valence-electron chi connectivity index (χ0n) is 9.74. The predicted molar refractivity (Wildman–Crippen MR) is 59.5 cm³/mol. The van der Waals surface area contributed by atoms with Crippen LogP contribution in [0.25, 0.3) is 0 Å². The number of rotatable bonds is 5. The van der Waals surface area contributed by atoms with E-state index in [1.165, 1.54) is 0 Å². The molecule has 0 aromatic heterocycles. The van der Waals surface area contributed by atoms with E-state index in [9.17, 15) is 4.79 Å². The summed E-state index contributed by atoms with van der Waals surface area (Å²) in [5.74, 6) is 0.176. The Hall–Kier alpha value is -0.610. The van der Waals surface area contributed by atoms with Crippen molar-refractivity contribution in [3.05, 3.63) is 0 Å². The van der Waals surface area contributed by atoms with Gasteiger partial charge in [0.2, 0.25) is 5.91 Å². The molecule has 2 atom stereocenters. The van der Waals surface area contributed by atoms with E-state index in [0.29, 0.717) is 6.42 Å². The molecule has 4 heteroatoms. The summed E-state index contributed by atoms with van der Waals surface area (Å²) >= 11 is 0. The zero-order valence-corrected chi connectivity index (χ0v) is 9.74. The van der Waals surface area contributed by atoms with Crippen LogP contribution in [-0.2, 0) is 9.53 Å². The number of nitrogens with two attached hydrogens (primary N) is 1. The van der Waals surface area contributed by atoms with Crippen molar-refractivity contribution in [2.24, 2.45) is 5.73 Å². The summed E-state index contributed by atoms with van der Waals surface area (Å²) in [6.07, 6.45) is 3.61. The van der Waals surface area contributed by atoms with Gasteiger partial charge in [0.15, 0.2) is 0 Å². The lowest BCUT2D eigenvalue weighted by Crippen LogP contribution is -2.35. The number of ether oxygens (including phenoxy) is 1. The van der Waals surface area contributed by atoms with Crippen LogP contribution in [0.1, 0.15) is 32.6 Å². The number of likely N-dealkylation sites (tertiary alicyclic amines) is 1. The number of carbonyl (C=O) groups excluding carboxylic acids is 1. The molecule has 0 aromatic rings. The molecular weight excluding hydrogens is 192 g/mol. The van der Waals surface area contributed by atoms with Crippen LogP contribution in [0.4, 0.5) is 0 Å². The lowest BCUT2D eigenvalue weighted by molar-refractivity contribution is -0.130. The minimum absolute atomic E-state index is 0.0177. The smallest absolute Gasteiger partial charge is 0.224 e. The molecule has 0 aliphatic carbocycles.